The zero-order chi connectivity index (χ0) is 41.4. The number of nitro benzene ring substituents is 1. The number of hydrogen-bond acceptors (Lipinski definition) is 15. The molecule has 3 N–H and O–H groups in total. The third kappa shape index (κ3) is 10.3. The Bertz CT molecular complexity index is 2910. The molecule has 5 aromatic carbocycles. The van der Waals surface area contributed by atoms with Crippen molar-refractivity contribution in [3.63, 3.8) is 0 Å². The standard InChI is InChI=1S/C33H30N6O13S4.Na/c1-4-38(21-13-11-20(12-14-21)36-54(3,46)47)33(41)26-19-29(35-34-27-16-15-22(39(42)43)17-30(27)53(2,44)45)31-25(32(26)40)9-6-10-28(31)37-55(48,49)23-7-5-8-24(18-23)56(50,51)52;/h5-19,36-37,40H,4H2,1-3H3,(H,50,51,52);/q;+1/p-1. The third-order valence-corrected chi connectivity index (χ3v) is 11.8. The van der Waals surface area contributed by atoms with Crippen molar-refractivity contribution in [1.29, 1.82) is 0 Å². The van der Waals surface area contributed by atoms with Gasteiger partial charge in [-0.1, -0.05) is 18.2 Å². The van der Waals surface area contributed by atoms with Crippen LogP contribution in [0, 0.1) is 10.1 Å². The van der Waals surface area contributed by atoms with Crippen LogP contribution in [0.4, 0.5) is 34.1 Å². The molecule has 0 bridgehead atoms. The molecule has 0 heterocycles. The van der Waals surface area contributed by atoms with Gasteiger partial charge in [0, 0.05) is 47.1 Å². The number of non-ortho nitro benzene ring substituents is 1. The van der Waals surface area contributed by atoms with Crippen LogP contribution in [0.1, 0.15) is 17.3 Å². The zero-order valence-corrected chi connectivity index (χ0v) is 35.4. The average molecular weight is 869 g/mol. The minimum Gasteiger partial charge on any atom is -0.744 e. The van der Waals surface area contributed by atoms with Crippen LogP contribution >= 0.6 is 0 Å². The van der Waals surface area contributed by atoms with E-state index in [0.717, 1.165) is 55.0 Å². The van der Waals surface area contributed by atoms with Gasteiger partial charge >= 0.3 is 29.6 Å². The number of sulfone groups is 1. The number of aromatic hydroxyl groups is 1. The Kier molecular flexibility index (Phi) is 13.2. The van der Waals surface area contributed by atoms with Gasteiger partial charge in [-0.2, -0.15) is 0 Å². The van der Waals surface area contributed by atoms with E-state index >= 15 is 0 Å². The fraction of sp³-hybridized carbons (Fsp3) is 0.121. The summed E-state index contributed by atoms with van der Waals surface area (Å²) in [6.45, 7) is 1.63. The van der Waals surface area contributed by atoms with E-state index in [1.165, 1.54) is 47.4 Å². The van der Waals surface area contributed by atoms with Crippen LogP contribution < -0.4 is 43.9 Å². The summed E-state index contributed by atoms with van der Waals surface area (Å²) in [5.74, 6) is -1.48. The molecule has 0 atom stereocenters. The van der Waals surface area contributed by atoms with Crippen LogP contribution in [-0.4, -0.2) is 73.2 Å². The molecule has 0 radical (unpaired) electrons. The van der Waals surface area contributed by atoms with Crippen molar-refractivity contribution >= 4 is 90.8 Å². The molecule has 5 aromatic rings. The zero-order valence-electron chi connectivity index (χ0n) is 30.1. The number of benzene rings is 5. The van der Waals surface area contributed by atoms with Crippen molar-refractivity contribution in [3.8, 4) is 5.75 Å². The van der Waals surface area contributed by atoms with Crippen LogP contribution in [-0.2, 0) is 40.0 Å². The first kappa shape index (κ1) is 44.7. The molecular formula is C33H29N6NaO13S4. The Labute approximate surface area is 348 Å². The second-order valence-corrected chi connectivity index (χ2v) is 18.7. The number of nitrogens with one attached hydrogen (secondary N) is 2. The van der Waals surface area contributed by atoms with E-state index in [9.17, 15) is 58.2 Å². The van der Waals surface area contributed by atoms with Crippen molar-refractivity contribution in [2.24, 2.45) is 10.2 Å². The second kappa shape index (κ2) is 16.8. The van der Waals surface area contributed by atoms with Crippen molar-refractivity contribution in [2.75, 3.05) is 33.4 Å². The Morgan fingerprint density at radius 3 is 2.00 bits per heavy atom. The van der Waals surface area contributed by atoms with Crippen molar-refractivity contribution < 1.29 is 82.6 Å². The molecule has 0 spiro atoms. The molecule has 19 nitrogen and oxygen atoms in total. The minimum atomic E-state index is -5.06. The van der Waals surface area contributed by atoms with Crippen LogP contribution in [0.2, 0.25) is 0 Å². The van der Waals surface area contributed by atoms with Gasteiger partial charge in [0.15, 0.2) is 9.84 Å². The molecule has 0 aliphatic carbocycles. The summed E-state index contributed by atoms with van der Waals surface area (Å²) in [6.07, 6.45) is 1.74. The number of amides is 1. The quantitative estimate of drug-likeness (QED) is 0.0503. The van der Waals surface area contributed by atoms with Crippen LogP contribution in [0.5, 0.6) is 5.75 Å². The third-order valence-electron chi connectivity index (χ3n) is 7.85. The molecule has 0 saturated heterocycles. The predicted molar refractivity (Wildman–Crippen MR) is 203 cm³/mol. The van der Waals surface area contributed by atoms with Gasteiger partial charge in [-0.25, -0.2) is 33.7 Å². The molecule has 24 heteroatoms. The number of carbonyl (C=O) groups excluding carboxylic acids is 1. The monoisotopic (exact) mass is 868 g/mol. The van der Waals surface area contributed by atoms with E-state index in [4.69, 9.17) is 0 Å². The summed E-state index contributed by atoms with van der Waals surface area (Å²) in [5.41, 5.74) is -1.49. The maximum Gasteiger partial charge on any atom is 1.00 e. The Morgan fingerprint density at radius 1 is 0.807 bits per heavy atom. The number of azo groups is 1. The van der Waals surface area contributed by atoms with Gasteiger partial charge in [-0.15, -0.1) is 10.2 Å². The number of fused-ring (bicyclic) bond motifs is 1. The average Bonchev–Trinajstić information content (AvgIpc) is 3.11. The first-order valence-corrected chi connectivity index (χ1v) is 22.3. The van der Waals surface area contributed by atoms with E-state index in [1.807, 2.05) is 0 Å². The summed E-state index contributed by atoms with van der Waals surface area (Å²) in [7, 11) is -17.5. The van der Waals surface area contributed by atoms with Gasteiger partial charge < -0.3 is 14.6 Å². The van der Waals surface area contributed by atoms with Crippen molar-refractivity contribution in [2.45, 2.75) is 21.6 Å². The van der Waals surface area contributed by atoms with Crippen LogP contribution in [0.25, 0.3) is 10.8 Å². The number of nitro groups is 1. The largest absolute Gasteiger partial charge is 1.00 e. The van der Waals surface area contributed by atoms with Crippen molar-refractivity contribution in [1.82, 2.24) is 0 Å². The summed E-state index contributed by atoms with van der Waals surface area (Å²) in [5, 5.41) is 30.7. The second-order valence-electron chi connectivity index (χ2n) is 11.9. The van der Waals surface area contributed by atoms with E-state index in [0.29, 0.717) is 6.07 Å². The first-order chi connectivity index (χ1) is 26.0. The molecule has 0 aromatic heterocycles. The molecule has 0 fully saturated rings. The molecule has 0 aliphatic rings. The molecule has 0 unspecified atom stereocenters. The number of carbonyl (C=O) groups is 1. The predicted octanol–water partition coefficient (Wildman–Crippen LogP) is 2.02. The molecule has 5 rings (SSSR count). The fourth-order valence-electron chi connectivity index (χ4n) is 5.39. The number of phenols is 1. The number of hydrogen-bond donors (Lipinski definition) is 3. The maximum absolute atomic E-state index is 14.1. The number of phenolic OH excluding ortho intramolecular Hbond substituents is 1. The molecule has 1 amide bonds. The first-order valence-electron chi connectivity index (χ1n) is 15.7. The Morgan fingerprint density at radius 2 is 1.42 bits per heavy atom. The number of rotatable bonds is 13. The van der Waals surface area contributed by atoms with Gasteiger partial charge in [-0.05, 0) is 67.6 Å². The summed E-state index contributed by atoms with van der Waals surface area (Å²) >= 11 is 0. The Balaban J connectivity index is 0.00000720. The van der Waals surface area contributed by atoms with E-state index in [-0.39, 0.29) is 75.3 Å². The van der Waals surface area contributed by atoms with Gasteiger partial charge in [0.1, 0.15) is 26.5 Å². The van der Waals surface area contributed by atoms with Gasteiger partial charge in [-0.3, -0.25) is 24.4 Å². The molecule has 57 heavy (non-hydrogen) atoms. The van der Waals surface area contributed by atoms with Gasteiger partial charge in [0.25, 0.3) is 21.6 Å². The van der Waals surface area contributed by atoms with Crippen LogP contribution in [0.3, 0.4) is 0 Å². The SMILES string of the molecule is CCN(C(=O)c1cc(N=Nc2ccc([N+](=O)[O-])cc2S(C)(=O)=O)c2c(NS(=O)(=O)c3cccc(S(=O)(=O)[O-])c3)cccc2c1O)c1ccc(NS(C)(=O)=O)cc1.[Na+]. The van der Waals surface area contributed by atoms with Gasteiger partial charge in [0.05, 0.1) is 37.9 Å². The summed E-state index contributed by atoms with van der Waals surface area (Å²) in [4.78, 5) is 23.9. The van der Waals surface area contributed by atoms with Crippen molar-refractivity contribution in [3.05, 3.63) is 107 Å². The smallest absolute Gasteiger partial charge is 0.744 e. The molecular weight excluding hydrogens is 840 g/mol. The van der Waals surface area contributed by atoms with E-state index in [1.54, 1.807) is 6.92 Å². The minimum absolute atomic E-state index is 0. The Hall–Kier alpha value is -5.01. The van der Waals surface area contributed by atoms with Gasteiger partial charge in [0.2, 0.25) is 10.0 Å². The topological polar surface area (TPSA) is 292 Å². The number of sulfonamides is 2. The van der Waals surface area contributed by atoms with E-state index < -0.39 is 82.5 Å². The number of anilines is 3. The van der Waals surface area contributed by atoms with Crippen LogP contribution in [0.15, 0.2) is 116 Å². The summed E-state index contributed by atoms with van der Waals surface area (Å²) < 4.78 is 115. The normalized spacial score (nSPS) is 12.2. The molecule has 0 aliphatic heterocycles. The number of nitrogens with zero attached hydrogens (tertiary/aromatic N) is 4. The summed E-state index contributed by atoms with van der Waals surface area (Å²) in [6, 6.07) is 16.9. The molecule has 0 saturated carbocycles. The van der Waals surface area contributed by atoms with E-state index in [2.05, 4.69) is 19.7 Å². The molecule has 294 valence electrons. The fourth-order valence-corrected chi connectivity index (χ4v) is 8.49. The maximum atomic E-state index is 14.1.